The first kappa shape index (κ1) is 16.0. The molecule has 126 valence electrons. The zero-order chi connectivity index (χ0) is 16.5. The number of nitrogens with zero attached hydrogens (tertiary/aromatic N) is 1. The van der Waals surface area contributed by atoms with Gasteiger partial charge in [-0.05, 0) is 56.5 Å². The van der Waals surface area contributed by atoms with Gasteiger partial charge in [0.05, 0.1) is 17.6 Å². The highest BCUT2D eigenvalue weighted by Gasteiger charge is 2.34. The Morgan fingerprint density at radius 2 is 1.92 bits per heavy atom. The van der Waals surface area contributed by atoms with Crippen molar-refractivity contribution >= 4 is 17.1 Å². The van der Waals surface area contributed by atoms with Crippen LogP contribution >= 0.6 is 11.3 Å². The summed E-state index contributed by atoms with van der Waals surface area (Å²) in [6, 6.07) is 11.8. The Kier molecular flexibility index (Phi) is 4.53. The predicted molar refractivity (Wildman–Crippen MR) is 96.7 cm³/mol. The molecule has 5 rings (SSSR count). The van der Waals surface area contributed by atoms with Gasteiger partial charge in [-0.15, -0.1) is 11.3 Å². The fourth-order valence-corrected chi connectivity index (χ4v) is 4.58. The van der Waals surface area contributed by atoms with Crippen LogP contribution in [0.3, 0.4) is 0 Å². The van der Waals surface area contributed by atoms with Gasteiger partial charge in [0.2, 0.25) is 5.78 Å². The quantitative estimate of drug-likeness (QED) is 0.773. The Hall–Kier alpha value is -1.49. The minimum atomic E-state index is 0.109. The summed E-state index contributed by atoms with van der Waals surface area (Å²) in [6.07, 6.45) is 2.93. The molecule has 0 amide bonds. The second-order valence-corrected chi connectivity index (χ2v) is 8.21. The van der Waals surface area contributed by atoms with E-state index in [-0.39, 0.29) is 5.78 Å². The van der Waals surface area contributed by atoms with Crippen molar-refractivity contribution < 1.29 is 9.53 Å². The molecule has 1 aromatic carbocycles. The number of ketones is 1. The second kappa shape index (κ2) is 6.79. The molecule has 0 N–H and O–H groups in total. The van der Waals surface area contributed by atoms with Crippen molar-refractivity contribution in [2.24, 2.45) is 5.92 Å². The zero-order valence-electron chi connectivity index (χ0n) is 14.0. The lowest BCUT2D eigenvalue weighted by Crippen LogP contribution is -2.51. The molecule has 3 aliphatic heterocycles. The van der Waals surface area contributed by atoms with Crippen molar-refractivity contribution in [3.8, 4) is 0 Å². The molecule has 0 spiro atoms. The fourth-order valence-electron chi connectivity index (χ4n) is 3.75. The summed E-state index contributed by atoms with van der Waals surface area (Å²) < 4.78 is 6.17. The molecule has 1 atom stereocenters. The molecule has 3 fully saturated rings. The van der Waals surface area contributed by atoms with Crippen molar-refractivity contribution in [2.75, 3.05) is 19.6 Å². The smallest absolute Gasteiger partial charge is 0.202 e. The number of fused-ring (bicyclic) bond motifs is 3. The van der Waals surface area contributed by atoms with Crippen LogP contribution in [0.5, 0.6) is 0 Å². The van der Waals surface area contributed by atoms with Crippen LogP contribution in [-0.4, -0.2) is 36.4 Å². The number of aryl methyl sites for hydroxylation is 1. The van der Waals surface area contributed by atoms with E-state index >= 15 is 0 Å². The van der Waals surface area contributed by atoms with E-state index in [1.807, 2.05) is 43.3 Å². The highest BCUT2D eigenvalue weighted by Crippen LogP contribution is 2.30. The molecule has 3 nitrogen and oxygen atoms in total. The van der Waals surface area contributed by atoms with Crippen molar-refractivity contribution in [1.82, 2.24) is 4.90 Å². The predicted octanol–water partition coefficient (Wildman–Crippen LogP) is 3.90. The normalized spacial score (nSPS) is 25.8. The molecule has 0 saturated carbocycles. The molecular formula is C20H23NO2S. The number of carbonyl (C=O) groups excluding carboxylic acids is 1. The first-order valence-electron chi connectivity index (χ1n) is 8.73. The third-order valence-corrected chi connectivity index (χ3v) is 6.24. The van der Waals surface area contributed by atoms with E-state index in [1.54, 1.807) is 11.3 Å². The maximum absolute atomic E-state index is 12.4. The van der Waals surface area contributed by atoms with Gasteiger partial charge in [-0.1, -0.05) is 24.3 Å². The van der Waals surface area contributed by atoms with Gasteiger partial charge in [0, 0.05) is 17.0 Å². The van der Waals surface area contributed by atoms with Crippen LogP contribution in [0.25, 0.3) is 0 Å². The lowest BCUT2D eigenvalue weighted by Gasteiger charge is -2.44. The van der Waals surface area contributed by atoms with Crippen molar-refractivity contribution in [3.63, 3.8) is 0 Å². The second-order valence-electron chi connectivity index (χ2n) is 6.92. The lowest BCUT2D eigenvalue weighted by atomic mass is 9.86. The van der Waals surface area contributed by atoms with E-state index in [9.17, 15) is 4.79 Å². The highest BCUT2D eigenvalue weighted by molar-refractivity contribution is 7.14. The summed E-state index contributed by atoms with van der Waals surface area (Å²) in [5, 5.41) is 0. The van der Waals surface area contributed by atoms with Gasteiger partial charge in [0.1, 0.15) is 0 Å². The summed E-state index contributed by atoms with van der Waals surface area (Å²) in [5.41, 5.74) is 1.90. The van der Waals surface area contributed by atoms with Crippen LogP contribution in [0, 0.1) is 12.8 Å². The summed E-state index contributed by atoms with van der Waals surface area (Å²) >= 11 is 1.55. The van der Waals surface area contributed by atoms with E-state index in [4.69, 9.17) is 4.74 Å². The summed E-state index contributed by atoms with van der Waals surface area (Å²) in [5.74, 6) is 0.843. The highest BCUT2D eigenvalue weighted by atomic mass is 32.1. The largest absolute Gasteiger partial charge is 0.372 e. The standard InChI is InChI=1S/C20H23NO2S/c1-14-2-7-19(24-14)20(22)17-5-3-15(4-6-17)13-23-18-12-21-10-8-16(18)9-11-21/h2-7,16,18H,8-13H2,1H3. The molecule has 24 heavy (non-hydrogen) atoms. The third kappa shape index (κ3) is 3.32. The molecule has 3 aliphatic rings. The third-order valence-electron chi connectivity index (χ3n) is 5.24. The maximum atomic E-state index is 12.4. The van der Waals surface area contributed by atoms with Gasteiger partial charge in [-0.25, -0.2) is 0 Å². The molecule has 2 aromatic rings. The van der Waals surface area contributed by atoms with Crippen molar-refractivity contribution in [1.29, 1.82) is 0 Å². The van der Waals surface area contributed by atoms with Crippen molar-refractivity contribution in [3.05, 3.63) is 57.3 Å². The summed E-state index contributed by atoms with van der Waals surface area (Å²) in [4.78, 5) is 16.9. The molecule has 3 saturated heterocycles. The molecule has 4 heterocycles. The Balaban J connectivity index is 1.36. The number of hydrogen-bond donors (Lipinski definition) is 0. The molecule has 1 unspecified atom stereocenters. The molecule has 0 radical (unpaired) electrons. The summed E-state index contributed by atoms with van der Waals surface area (Å²) in [6.45, 7) is 6.23. The fraction of sp³-hybridized carbons (Fsp3) is 0.450. The molecule has 2 bridgehead atoms. The van der Waals surface area contributed by atoms with Crippen LogP contribution < -0.4 is 0 Å². The Labute approximate surface area is 147 Å². The van der Waals surface area contributed by atoms with Crippen LogP contribution in [0.15, 0.2) is 36.4 Å². The molecule has 1 aromatic heterocycles. The molecule has 4 heteroatoms. The van der Waals surface area contributed by atoms with Crippen LogP contribution in [0.4, 0.5) is 0 Å². The average Bonchev–Trinajstić information content (AvgIpc) is 3.07. The van der Waals surface area contributed by atoms with Gasteiger partial charge >= 0.3 is 0 Å². The Morgan fingerprint density at radius 3 is 2.50 bits per heavy atom. The Bertz CT molecular complexity index is 713. The minimum absolute atomic E-state index is 0.109. The maximum Gasteiger partial charge on any atom is 0.202 e. The number of piperidine rings is 3. The Morgan fingerprint density at radius 1 is 1.17 bits per heavy atom. The van der Waals surface area contributed by atoms with Gasteiger partial charge in [-0.3, -0.25) is 4.79 Å². The topological polar surface area (TPSA) is 29.5 Å². The first-order valence-corrected chi connectivity index (χ1v) is 9.55. The lowest BCUT2D eigenvalue weighted by molar-refractivity contribution is -0.0765. The van der Waals surface area contributed by atoms with Gasteiger partial charge < -0.3 is 9.64 Å². The van der Waals surface area contributed by atoms with E-state index in [0.717, 1.165) is 28.5 Å². The van der Waals surface area contributed by atoms with Gasteiger partial charge in [0.25, 0.3) is 0 Å². The summed E-state index contributed by atoms with van der Waals surface area (Å²) in [7, 11) is 0. The van der Waals surface area contributed by atoms with E-state index < -0.39 is 0 Å². The van der Waals surface area contributed by atoms with E-state index in [1.165, 1.54) is 30.8 Å². The number of hydrogen-bond acceptors (Lipinski definition) is 4. The first-order chi connectivity index (χ1) is 11.7. The van der Waals surface area contributed by atoms with E-state index in [2.05, 4.69) is 4.90 Å². The average molecular weight is 341 g/mol. The van der Waals surface area contributed by atoms with Crippen LogP contribution in [0.1, 0.15) is 38.5 Å². The number of rotatable bonds is 5. The SMILES string of the molecule is Cc1ccc(C(=O)c2ccc(COC3CN4CCC3CC4)cc2)s1. The number of thiophene rings is 1. The minimum Gasteiger partial charge on any atom is -0.372 e. The number of carbonyl (C=O) groups is 1. The number of benzene rings is 1. The van der Waals surface area contributed by atoms with Gasteiger partial charge in [-0.2, -0.15) is 0 Å². The molecular weight excluding hydrogens is 318 g/mol. The molecule has 0 aliphatic carbocycles. The van der Waals surface area contributed by atoms with Gasteiger partial charge in [0.15, 0.2) is 0 Å². The monoisotopic (exact) mass is 341 g/mol. The van der Waals surface area contributed by atoms with Crippen LogP contribution in [0.2, 0.25) is 0 Å². The van der Waals surface area contributed by atoms with Crippen molar-refractivity contribution in [2.45, 2.75) is 32.5 Å². The van der Waals surface area contributed by atoms with E-state index in [0.29, 0.717) is 12.7 Å². The zero-order valence-corrected chi connectivity index (χ0v) is 14.8. The van der Waals surface area contributed by atoms with Crippen LogP contribution in [-0.2, 0) is 11.3 Å². The number of ether oxygens (including phenoxy) is 1.